The van der Waals surface area contributed by atoms with Gasteiger partial charge in [0.1, 0.15) is 17.3 Å². The fraction of sp³-hybridized carbons (Fsp3) is 0.174. The molecule has 0 amide bonds. The zero-order valence-corrected chi connectivity index (χ0v) is 27.8. The van der Waals surface area contributed by atoms with E-state index < -0.39 is 0 Å². The van der Waals surface area contributed by atoms with E-state index >= 15 is 0 Å². The summed E-state index contributed by atoms with van der Waals surface area (Å²) in [4.78, 5) is 2.63. The summed E-state index contributed by atoms with van der Waals surface area (Å²) in [6.07, 6.45) is 7.73. The van der Waals surface area contributed by atoms with Crippen molar-refractivity contribution in [3.8, 4) is 11.1 Å². The molecule has 4 heteroatoms. The lowest BCUT2D eigenvalue weighted by molar-refractivity contribution is 0.365. The highest BCUT2D eigenvalue weighted by Gasteiger charge is 2.56. The molecule has 0 N–H and O–H groups in total. The minimum absolute atomic E-state index is 0.161. The van der Waals surface area contributed by atoms with E-state index in [1.165, 1.54) is 65.0 Å². The molecule has 1 saturated carbocycles. The summed E-state index contributed by atoms with van der Waals surface area (Å²) >= 11 is 0. The van der Waals surface area contributed by atoms with Crippen molar-refractivity contribution >= 4 is 39.0 Å². The zero-order chi connectivity index (χ0) is 32.8. The first-order chi connectivity index (χ1) is 24.8. The van der Waals surface area contributed by atoms with Crippen molar-refractivity contribution in [3.63, 3.8) is 0 Å². The van der Waals surface area contributed by atoms with Crippen LogP contribution in [0.2, 0.25) is 0 Å². The molecule has 242 valence electrons. The highest BCUT2D eigenvalue weighted by Crippen LogP contribution is 2.59. The number of anilines is 2. The van der Waals surface area contributed by atoms with E-state index in [1.54, 1.807) is 0 Å². The second-order valence-corrected chi connectivity index (χ2v) is 14.3. The molecule has 0 spiro atoms. The molecule has 4 heterocycles. The Morgan fingerprint density at radius 1 is 0.580 bits per heavy atom. The monoisotopic (exact) mass is 647 g/mol. The predicted molar refractivity (Wildman–Crippen MR) is 203 cm³/mol. The second-order valence-electron chi connectivity index (χ2n) is 14.3. The van der Waals surface area contributed by atoms with Crippen LogP contribution in [0.5, 0.6) is 0 Å². The topological polar surface area (TPSA) is 22.4 Å². The van der Waals surface area contributed by atoms with Crippen molar-refractivity contribution in [1.82, 2.24) is 10.0 Å². The lowest BCUT2D eigenvalue weighted by Gasteiger charge is -2.33. The molecule has 0 radical (unpaired) electrons. The Labute approximate surface area is 292 Å². The highest BCUT2D eigenvalue weighted by molar-refractivity contribution is 6.12. The van der Waals surface area contributed by atoms with E-state index in [2.05, 4.69) is 167 Å². The molecule has 5 atom stereocenters. The van der Waals surface area contributed by atoms with Crippen LogP contribution in [0.25, 0.3) is 38.8 Å². The van der Waals surface area contributed by atoms with Gasteiger partial charge in [-0.1, -0.05) is 134 Å². The molecule has 11 rings (SSSR count). The van der Waals surface area contributed by atoms with Crippen LogP contribution in [0.3, 0.4) is 0 Å². The number of hydrogen-bond acceptors (Lipinski definition) is 4. The predicted octanol–water partition coefficient (Wildman–Crippen LogP) is 11.8. The number of para-hydroxylation sites is 3. The molecule has 1 aliphatic carbocycles. The van der Waals surface area contributed by atoms with Gasteiger partial charge in [-0.25, -0.2) is 0 Å². The lowest BCUT2D eigenvalue weighted by atomic mass is 9.82. The summed E-state index contributed by atoms with van der Waals surface area (Å²) in [5.74, 6) is 0.591. The molecule has 4 nitrogen and oxygen atoms in total. The van der Waals surface area contributed by atoms with Crippen molar-refractivity contribution in [2.24, 2.45) is 0 Å². The second kappa shape index (κ2) is 11.0. The molecular weight excluding hydrogens is 611 g/mol. The van der Waals surface area contributed by atoms with Gasteiger partial charge in [-0.3, -0.25) is 5.01 Å². The summed E-state index contributed by atoms with van der Waals surface area (Å²) in [6.45, 7) is 0. The van der Waals surface area contributed by atoms with E-state index in [0.29, 0.717) is 12.0 Å². The van der Waals surface area contributed by atoms with Gasteiger partial charge in [0.05, 0.1) is 11.7 Å². The van der Waals surface area contributed by atoms with Gasteiger partial charge < -0.3 is 9.32 Å². The first-order valence-corrected chi connectivity index (χ1v) is 18.2. The van der Waals surface area contributed by atoms with E-state index in [4.69, 9.17) is 4.42 Å². The largest absolute Gasteiger partial charge is 0.455 e. The minimum Gasteiger partial charge on any atom is -0.455 e. The zero-order valence-electron chi connectivity index (χ0n) is 27.8. The van der Waals surface area contributed by atoms with Gasteiger partial charge in [0.2, 0.25) is 0 Å². The van der Waals surface area contributed by atoms with E-state index in [9.17, 15) is 0 Å². The average Bonchev–Trinajstić information content (AvgIpc) is 3.43. The summed E-state index contributed by atoms with van der Waals surface area (Å²) in [6, 6.07) is 53.9. The maximum atomic E-state index is 7.06. The van der Waals surface area contributed by atoms with Crippen LogP contribution in [0.15, 0.2) is 156 Å². The Morgan fingerprint density at radius 3 is 2.00 bits per heavy atom. The van der Waals surface area contributed by atoms with Gasteiger partial charge >= 0.3 is 0 Å². The normalized spacial score (nSPS) is 23.5. The number of benzene rings is 6. The van der Waals surface area contributed by atoms with E-state index in [1.807, 2.05) is 0 Å². The summed E-state index contributed by atoms with van der Waals surface area (Å²) in [5.41, 5.74) is 13.4. The van der Waals surface area contributed by atoms with Gasteiger partial charge in [0.15, 0.2) is 0 Å². The third kappa shape index (κ3) is 4.15. The molecule has 1 aromatic heterocycles. The molecular formula is C46H37N3O. The maximum Gasteiger partial charge on any atom is 0.144 e. The van der Waals surface area contributed by atoms with Crippen LogP contribution >= 0.6 is 0 Å². The fourth-order valence-corrected chi connectivity index (χ4v) is 9.42. The molecule has 0 bridgehead atoms. The molecule has 6 aromatic carbocycles. The Balaban J connectivity index is 1.05. The first kappa shape index (κ1) is 28.3. The smallest absolute Gasteiger partial charge is 0.144 e. The van der Waals surface area contributed by atoms with Crippen LogP contribution in [0, 0.1) is 0 Å². The summed E-state index contributed by atoms with van der Waals surface area (Å²) in [5, 5.41) is 7.27. The standard InChI is InChI=1S/C46H37N3O/c1-4-14-30(15-5-1)41-29-43(49-46(48(41)49)31-16-6-2-7-17-31)39-24-13-23-38-37-22-12-21-34(44(37)50-45(38)39)32-26-27-36-35-20-10-11-25-40(35)47(42(36)28-32)33-18-8-3-9-19-33/h1-9,12-19,21-24,26-29,35,40-41,46H,10-11,20,25H2. The summed E-state index contributed by atoms with van der Waals surface area (Å²) < 4.78 is 7.06. The molecule has 4 aliphatic rings. The van der Waals surface area contributed by atoms with Crippen molar-refractivity contribution < 1.29 is 4.42 Å². The number of rotatable bonds is 5. The van der Waals surface area contributed by atoms with Gasteiger partial charge in [0.25, 0.3) is 0 Å². The van der Waals surface area contributed by atoms with Crippen LogP contribution in [-0.4, -0.2) is 16.1 Å². The Kier molecular flexibility index (Phi) is 6.20. The Morgan fingerprint density at radius 2 is 1.24 bits per heavy atom. The van der Waals surface area contributed by atoms with Crippen LogP contribution < -0.4 is 4.90 Å². The molecule has 1 saturated heterocycles. The highest BCUT2D eigenvalue weighted by atomic mass is 16.3. The minimum atomic E-state index is 0.161. The number of hydrogen-bond donors (Lipinski definition) is 0. The third-order valence-electron chi connectivity index (χ3n) is 11.7. The third-order valence-corrected chi connectivity index (χ3v) is 11.7. The van der Waals surface area contributed by atoms with Crippen molar-refractivity contribution in [1.29, 1.82) is 0 Å². The molecule has 50 heavy (non-hydrogen) atoms. The maximum absolute atomic E-state index is 7.06. The molecule has 3 aliphatic heterocycles. The number of furan rings is 1. The van der Waals surface area contributed by atoms with Gasteiger partial charge in [-0.2, -0.15) is 5.01 Å². The van der Waals surface area contributed by atoms with Gasteiger partial charge in [0, 0.05) is 45.2 Å². The number of hydrazine groups is 1. The number of fused-ring (bicyclic) bond motifs is 7. The van der Waals surface area contributed by atoms with Gasteiger partial charge in [-0.15, -0.1) is 0 Å². The van der Waals surface area contributed by atoms with Gasteiger partial charge in [-0.05, 0) is 65.4 Å². The number of nitrogens with zero attached hydrogens (tertiary/aromatic N) is 3. The Bertz CT molecular complexity index is 2430. The van der Waals surface area contributed by atoms with Crippen LogP contribution in [0.1, 0.15) is 66.1 Å². The molecule has 5 unspecified atom stereocenters. The quantitative estimate of drug-likeness (QED) is 0.173. The Hall–Kier alpha value is -5.58. The SMILES string of the molecule is C1=C(c2cccc3c2oc2c(-c4ccc5c(c4)N(c4ccccc4)C4CCCCC54)cccc23)N2C(c3ccccc3)N2C1c1ccccc1. The van der Waals surface area contributed by atoms with Crippen molar-refractivity contribution in [2.45, 2.75) is 49.9 Å². The molecule has 7 aromatic rings. The van der Waals surface area contributed by atoms with E-state index in [-0.39, 0.29) is 12.2 Å². The molecule has 2 fully saturated rings. The van der Waals surface area contributed by atoms with E-state index in [0.717, 1.165) is 33.1 Å². The summed E-state index contributed by atoms with van der Waals surface area (Å²) in [7, 11) is 0. The van der Waals surface area contributed by atoms with Crippen LogP contribution in [-0.2, 0) is 0 Å². The lowest BCUT2D eigenvalue weighted by Crippen LogP contribution is -2.32. The van der Waals surface area contributed by atoms with Crippen molar-refractivity contribution in [3.05, 3.63) is 174 Å². The van der Waals surface area contributed by atoms with Crippen molar-refractivity contribution in [2.75, 3.05) is 4.90 Å². The first-order valence-electron chi connectivity index (χ1n) is 18.2. The fourth-order valence-electron chi connectivity index (χ4n) is 9.42. The van der Waals surface area contributed by atoms with Crippen LogP contribution in [0.4, 0.5) is 11.4 Å². The average molecular weight is 648 g/mol.